The molecule has 0 radical (unpaired) electrons. The van der Waals surface area contributed by atoms with Gasteiger partial charge >= 0.3 is 11.9 Å². The zero-order chi connectivity index (χ0) is 14.1. The second-order valence-corrected chi connectivity index (χ2v) is 3.94. The average molecular weight is 264 g/mol. The monoisotopic (exact) mass is 264 g/mol. The maximum atomic E-state index is 10.6. The van der Waals surface area contributed by atoms with E-state index < -0.39 is 30.3 Å². The van der Waals surface area contributed by atoms with Crippen LogP contribution in [-0.2, 0) is 9.59 Å². The summed E-state index contributed by atoms with van der Waals surface area (Å²) >= 11 is 0. The van der Waals surface area contributed by atoms with E-state index >= 15 is 0 Å². The lowest BCUT2D eigenvalue weighted by molar-refractivity contribution is -0.154. The number of aliphatic carboxylic acids is 2. The van der Waals surface area contributed by atoms with Crippen molar-refractivity contribution in [2.45, 2.75) is 44.1 Å². The van der Waals surface area contributed by atoms with Gasteiger partial charge in [0.15, 0.2) is 6.10 Å². The van der Waals surface area contributed by atoms with E-state index in [2.05, 4.69) is 5.32 Å². The molecule has 106 valence electrons. The Morgan fingerprint density at radius 1 is 1.06 bits per heavy atom. The number of carboxylic acids is 2. The second-order valence-electron chi connectivity index (χ2n) is 3.94. The Balaban J connectivity index is 4.33. The van der Waals surface area contributed by atoms with Crippen LogP contribution in [0.3, 0.4) is 0 Å². The van der Waals surface area contributed by atoms with Crippen LogP contribution in [0.25, 0.3) is 0 Å². The fourth-order valence-electron chi connectivity index (χ4n) is 1.46. The number of aliphatic hydroxyl groups excluding tert-OH is 2. The van der Waals surface area contributed by atoms with Gasteiger partial charge in [-0.2, -0.15) is 0 Å². The molecule has 0 bridgehead atoms. The molecule has 0 heterocycles. The molecule has 0 aromatic heterocycles. The molecule has 0 saturated carbocycles. The van der Waals surface area contributed by atoms with E-state index in [1.165, 1.54) is 0 Å². The Labute approximate surface area is 104 Å². The van der Waals surface area contributed by atoms with Crippen molar-refractivity contribution >= 4 is 11.9 Å². The van der Waals surface area contributed by atoms with Crippen molar-refractivity contribution < 1.29 is 30.0 Å². The Bertz CT molecular complexity index is 273. The van der Waals surface area contributed by atoms with Crippen LogP contribution in [0, 0.1) is 0 Å². The molecule has 0 amide bonds. The van der Waals surface area contributed by atoms with Crippen LogP contribution in [0.2, 0.25) is 0 Å². The standard InChI is InChI=1S/C10H20N2O6/c11-5-3-1-2-4-6(7(13)9(15)16)12-8(14)10(17)18/h6-8,12-14H,1-5,11H2,(H,15,16)(H,17,18). The third-order valence-corrected chi connectivity index (χ3v) is 2.46. The molecule has 0 saturated heterocycles. The summed E-state index contributed by atoms with van der Waals surface area (Å²) in [6.45, 7) is 0.511. The minimum atomic E-state index is -1.90. The van der Waals surface area contributed by atoms with Crippen molar-refractivity contribution in [1.82, 2.24) is 5.32 Å². The highest BCUT2D eigenvalue weighted by Crippen LogP contribution is 2.08. The highest BCUT2D eigenvalue weighted by molar-refractivity contribution is 5.74. The number of hydrogen-bond donors (Lipinski definition) is 6. The smallest absolute Gasteiger partial charge is 0.347 e. The van der Waals surface area contributed by atoms with Crippen LogP contribution in [0.1, 0.15) is 25.7 Å². The first-order chi connectivity index (χ1) is 8.40. The Hall–Kier alpha value is -1.22. The van der Waals surface area contributed by atoms with Gasteiger partial charge in [-0.3, -0.25) is 5.32 Å². The molecular weight excluding hydrogens is 244 g/mol. The molecule has 8 heteroatoms. The number of aliphatic hydroxyl groups is 2. The van der Waals surface area contributed by atoms with E-state index in [-0.39, 0.29) is 6.42 Å². The van der Waals surface area contributed by atoms with Gasteiger partial charge in [0, 0.05) is 6.04 Å². The van der Waals surface area contributed by atoms with Gasteiger partial charge < -0.3 is 26.2 Å². The van der Waals surface area contributed by atoms with Gasteiger partial charge in [-0.15, -0.1) is 0 Å². The van der Waals surface area contributed by atoms with Gasteiger partial charge in [0.05, 0.1) is 0 Å². The van der Waals surface area contributed by atoms with Crippen LogP contribution < -0.4 is 11.1 Å². The summed E-state index contributed by atoms with van der Waals surface area (Å²) in [7, 11) is 0. The topological polar surface area (TPSA) is 153 Å². The van der Waals surface area contributed by atoms with Crippen molar-refractivity contribution in [2.75, 3.05) is 6.54 Å². The summed E-state index contributed by atoms with van der Waals surface area (Å²) in [5.74, 6) is -3.00. The zero-order valence-corrected chi connectivity index (χ0v) is 9.95. The van der Waals surface area contributed by atoms with Crippen LogP contribution in [0.4, 0.5) is 0 Å². The molecule has 0 aromatic carbocycles. The third kappa shape index (κ3) is 6.50. The Kier molecular flexibility index (Phi) is 8.21. The number of unbranched alkanes of at least 4 members (excludes halogenated alkanes) is 2. The van der Waals surface area contributed by atoms with E-state index in [0.29, 0.717) is 13.0 Å². The SMILES string of the molecule is NCCCCCC(NC(O)C(=O)O)C(O)C(=O)O. The lowest BCUT2D eigenvalue weighted by Gasteiger charge is -2.23. The summed E-state index contributed by atoms with van der Waals surface area (Å²) in [4.78, 5) is 21.1. The van der Waals surface area contributed by atoms with Gasteiger partial charge in [-0.25, -0.2) is 9.59 Å². The van der Waals surface area contributed by atoms with Crippen molar-refractivity contribution in [3.05, 3.63) is 0 Å². The van der Waals surface area contributed by atoms with Crippen LogP contribution >= 0.6 is 0 Å². The first-order valence-electron chi connectivity index (χ1n) is 5.68. The lowest BCUT2D eigenvalue weighted by Crippen LogP contribution is -2.51. The number of rotatable bonds is 10. The normalized spacial score (nSPS) is 15.9. The fourth-order valence-corrected chi connectivity index (χ4v) is 1.46. The maximum Gasteiger partial charge on any atom is 0.347 e. The van der Waals surface area contributed by atoms with Crippen molar-refractivity contribution in [2.24, 2.45) is 5.73 Å². The van der Waals surface area contributed by atoms with E-state index in [1.807, 2.05) is 0 Å². The molecule has 8 nitrogen and oxygen atoms in total. The molecule has 3 unspecified atom stereocenters. The first-order valence-corrected chi connectivity index (χ1v) is 5.68. The minimum Gasteiger partial charge on any atom is -0.479 e. The van der Waals surface area contributed by atoms with Gasteiger partial charge in [-0.1, -0.05) is 12.8 Å². The van der Waals surface area contributed by atoms with Crippen LogP contribution in [-0.4, -0.2) is 57.3 Å². The lowest BCUT2D eigenvalue weighted by atomic mass is 10.0. The molecule has 0 aliphatic rings. The van der Waals surface area contributed by atoms with Gasteiger partial charge in [0.25, 0.3) is 0 Å². The van der Waals surface area contributed by atoms with E-state index in [9.17, 15) is 14.7 Å². The number of carbonyl (C=O) groups is 2. The molecule has 0 aromatic rings. The summed E-state index contributed by atoms with van der Waals surface area (Å²) in [6, 6.07) is -1.02. The largest absolute Gasteiger partial charge is 0.479 e. The molecular formula is C10H20N2O6. The number of nitrogens with one attached hydrogen (secondary N) is 1. The molecule has 18 heavy (non-hydrogen) atoms. The van der Waals surface area contributed by atoms with E-state index in [1.54, 1.807) is 0 Å². The summed E-state index contributed by atoms with van der Waals surface area (Å²) < 4.78 is 0. The summed E-state index contributed by atoms with van der Waals surface area (Å²) in [6.07, 6.45) is -1.36. The molecule has 0 rings (SSSR count). The first kappa shape index (κ1) is 16.8. The van der Waals surface area contributed by atoms with E-state index in [4.69, 9.17) is 21.1 Å². The Morgan fingerprint density at radius 2 is 1.67 bits per heavy atom. The predicted molar refractivity (Wildman–Crippen MR) is 61.7 cm³/mol. The predicted octanol–water partition coefficient (Wildman–Crippen LogP) is -1.69. The van der Waals surface area contributed by atoms with Crippen LogP contribution in [0.15, 0.2) is 0 Å². The molecule has 7 N–H and O–H groups in total. The fraction of sp³-hybridized carbons (Fsp3) is 0.800. The van der Waals surface area contributed by atoms with Crippen LogP contribution in [0.5, 0.6) is 0 Å². The molecule has 3 atom stereocenters. The van der Waals surface area contributed by atoms with E-state index in [0.717, 1.165) is 12.8 Å². The van der Waals surface area contributed by atoms with Gasteiger partial charge in [0.1, 0.15) is 0 Å². The summed E-state index contributed by atoms with van der Waals surface area (Å²) in [5.41, 5.74) is 5.30. The van der Waals surface area contributed by atoms with Crippen molar-refractivity contribution in [3.8, 4) is 0 Å². The van der Waals surface area contributed by atoms with Crippen molar-refractivity contribution in [1.29, 1.82) is 0 Å². The van der Waals surface area contributed by atoms with Gasteiger partial charge in [-0.05, 0) is 19.4 Å². The Morgan fingerprint density at radius 3 is 2.11 bits per heavy atom. The number of hydrogen-bond acceptors (Lipinski definition) is 6. The number of carboxylic acid groups (broad SMARTS) is 2. The maximum absolute atomic E-state index is 10.6. The quantitative estimate of drug-likeness (QED) is 0.202. The highest BCUT2D eigenvalue weighted by Gasteiger charge is 2.28. The van der Waals surface area contributed by atoms with Crippen molar-refractivity contribution in [3.63, 3.8) is 0 Å². The molecule has 0 spiro atoms. The van der Waals surface area contributed by atoms with Gasteiger partial charge in [0.2, 0.25) is 6.23 Å². The number of nitrogens with two attached hydrogens (primary N) is 1. The molecule has 0 fully saturated rings. The summed E-state index contributed by atoms with van der Waals surface area (Å²) in [5, 5.41) is 37.8. The molecule has 0 aliphatic carbocycles. The third-order valence-electron chi connectivity index (χ3n) is 2.46. The second kappa shape index (κ2) is 8.81. The minimum absolute atomic E-state index is 0.234. The highest BCUT2D eigenvalue weighted by atomic mass is 16.4. The average Bonchev–Trinajstić information content (AvgIpc) is 2.31. The zero-order valence-electron chi connectivity index (χ0n) is 9.95. The molecule has 0 aliphatic heterocycles.